The molecule has 2 aromatic carbocycles. The second-order valence-electron chi connectivity index (χ2n) is 7.07. The maximum atomic E-state index is 13.0. The highest BCUT2D eigenvalue weighted by Gasteiger charge is 2.24. The summed E-state index contributed by atoms with van der Waals surface area (Å²) < 4.78 is 11.5. The van der Waals surface area contributed by atoms with Gasteiger partial charge in [-0.25, -0.2) is 9.97 Å². The Morgan fingerprint density at radius 1 is 1.07 bits per heavy atom. The van der Waals surface area contributed by atoms with E-state index < -0.39 is 0 Å². The summed E-state index contributed by atoms with van der Waals surface area (Å²) in [5.41, 5.74) is 3.74. The van der Waals surface area contributed by atoms with E-state index in [0.717, 1.165) is 16.5 Å². The first-order valence-corrected chi connectivity index (χ1v) is 9.59. The molecule has 0 unspecified atom stereocenters. The summed E-state index contributed by atoms with van der Waals surface area (Å²) in [6, 6.07) is 15.3. The van der Waals surface area contributed by atoms with Gasteiger partial charge in [-0.05, 0) is 36.8 Å². The molecule has 2 aromatic heterocycles. The SMILES string of the molecule is Cc1cccc(NC(=O)c2nc(N3CCOCC3)c3oc4ccccc4c3n2)c1. The average molecular weight is 388 g/mol. The molecule has 1 aliphatic heterocycles. The highest BCUT2D eigenvalue weighted by atomic mass is 16.5. The number of nitrogens with one attached hydrogen (secondary N) is 1. The third kappa shape index (κ3) is 3.30. The van der Waals surface area contributed by atoms with E-state index in [1.54, 1.807) is 0 Å². The van der Waals surface area contributed by atoms with Crippen LogP contribution < -0.4 is 10.2 Å². The zero-order valence-corrected chi connectivity index (χ0v) is 16.0. The monoisotopic (exact) mass is 388 g/mol. The maximum absolute atomic E-state index is 13.0. The lowest BCUT2D eigenvalue weighted by molar-refractivity contribution is 0.101. The topological polar surface area (TPSA) is 80.5 Å². The number of para-hydroxylation sites is 1. The third-order valence-electron chi connectivity index (χ3n) is 4.99. The molecule has 0 aliphatic carbocycles. The predicted molar refractivity (Wildman–Crippen MR) is 111 cm³/mol. The van der Waals surface area contributed by atoms with Crippen LogP contribution >= 0.6 is 0 Å². The van der Waals surface area contributed by atoms with E-state index in [4.69, 9.17) is 9.15 Å². The van der Waals surface area contributed by atoms with Crippen LogP contribution in [-0.4, -0.2) is 42.2 Å². The minimum Gasteiger partial charge on any atom is -0.450 e. The molecule has 1 fully saturated rings. The normalized spacial score (nSPS) is 14.4. The van der Waals surface area contributed by atoms with E-state index >= 15 is 0 Å². The summed E-state index contributed by atoms with van der Waals surface area (Å²) >= 11 is 0. The summed E-state index contributed by atoms with van der Waals surface area (Å²) in [7, 11) is 0. The van der Waals surface area contributed by atoms with Crippen LogP contribution in [-0.2, 0) is 4.74 Å². The summed E-state index contributed by atoms with van der Waals surface area (Å²) in [4.78, 5) is 24.2. The van der Waals surface area contributed by atoms with E-state index in [9.17, 15) is 4.79 Å². The number of hydrogen-bond acceptors (Lipinski definition) is 6. The molecule has 0 saturated carbocycles. The number of carbonyl (C=O) groups is 1. The van der Waals surface area contributed by atoms with Crippen LogP contribution in [0.25, 0.3) is 22.1 Å². The number of fused-ring (bicyclic) bond motifs is 3. The van der Waals surface area contributed by atoms with Gasteiger partial charge in [0.2, 0.25) is 5.82 Å². The van der Waals surface area contributed by atoms with Gasteiger partial charge in [0.05, 0.1) is 13.2 Å². The maximum Gasteiger partial charge on any atom is 0.293 e. The summed E-state index contributed by atoms with van der Waals surface area (Å²) in [5.74, 6) is 0.397. The summed E-state index contributed by atoms with van der Waals surface area (Å²) in [5, 5.41) is 3.76. The van der Waals surface area contributed by atoms with Crippen molar-refractivity contribution in [2.45, 2.75) is 6.92 Å². The molecule has 1 saturated heterocycles. The van der Waals surface area contributed by atoms with Gasteiger partial charge in [-0.2, -0.15) is 0 Å². The molecule has 5 rings (SSSR count). The van der Waals surface area contributed by atoms with Crippen molar-refractivity contribution in [2.75, 3.05) is 36.5 Å². The Balaban J connectivity index is 1.63. The number of aromatic nitrogens is 2. The lowest BCUT2D eigenvalue weighted by atomic mass is 10.2. The zero-order chi connectivity index (χ0) is 19.8. The molecule has 0 radical (unpaired) electrons. The number of furan rings is 1. The fraction of sp³-hybridized carbons (Fsp3) is 0.227. The molecule has 1 aliphatic rings. The first-order valence-electron chi connectivity index (χ1n) is 9.59. The predicted octanol–water partition coefficient (Wildman–Crippen LogP) is 3.77. The molecule has 29 heavy (non-hydrogen) atoms. The van der Waals surface area contributed by atoms with Crippen LogP contribution in [0.4, 0.5) is 11.5 Å². The van der Waals surface area contributed by atoms with Gasteiger partial charge in [-0.3, -0.25) is 4.79 Å². The lowest BCUT2D eigenvalue weighted by Gasteiger charge is -2.27. The minimum atomic E-state index is -0.350. The number of rotatable bonds is 3. The number of morpholine rings is 1. The Morgan fingerprint density at radius 3 is 2.72 bits per heavy atom. The standard InChI is InChI=1S/C22H20N4O3/c1-14-5-4-6-15(13-14)23-22(27)20-24-18-16-7-2-3-8-17(16)29-19(18)21(25-20)26-9-11-28-12-10-26/h2-8,13H,9-12H2,1H3,(H,23,27). The van der Waals surface area contributed by atoms with Gasteiger partial charge in [0, 0.05) is 24.2 Å². The highest BCUT2D eigenvalue weighted by molar-refractivity contribution is 6.09. The second-order valence-corrected chi connectivity index (χ2v) is 7.07. The van der Waals surface area contributed by atoms with Crippen molar-refractivity contribution in [2.24, 2.45) is 0 Å². The van der Waals surface area contributed by atoms with Crippen LogP contribution in [0.15, 0.2) is 52.9 Å². The van der Waals surface area contributed by atoms with Crippen LogP contribution in [0.3, 0.4) is 0 Å². The van der Waals surface area contributed by atoms with Crippen molar-refractivity contribution in [3.05, 3.63) is 59.9 Å². The van der Waals surface area contributed by atoms with Gasteiger partial charge in [0.15, 0.2) is 11.4 Å². The molecular formula is C22H20N4O3. The van der Waals surface area contributed by atoms with Gasteiger partial charge in [0.1, 0.15) is 11.1 Å². The highest BCUT2D eigenvalue weighted by Crippen LogP contribution is 2.33. The minimum absolute atomic E-state index is 0.118. The first kappa shape index (κ1) is 17.6. The average Bonchev–Trinajstić information content (AvgIpc) is 3.12. The van der Waals surface area contributed by atoms with Crippen molar-refractivity contribution < 1.29 is 13.9 Å². The Bertz CT molecular complexity index is 1210. The van der Waals surface area contributed by atoms with E-state index in [1.165, 1.54) is 0 Å². The van der Waals surface area contributed by atoms with Gasteiger partial charge in [-0.15, -0.1) is 0 Å². The van der Waals surface area contributed by atoms with E-state index in [1.807, 2.05) is 55.5 Å². The van der Waals surface area contributed by atoms with Crippen LogP contribution in [0, 0.1) is 6.92 Å². The van der Waals surface area contributed by atoms with Crippen molar-refractivity contribution >= 4 is 39.5 Å². The number of carbonyl (C=O) groups excluding carboxylic acids is 1. The Hall–Kier alpha value is -3.45. The van der Waals surface area contributed by atoms with Gasteiger partial charge >= 0.3 is 0 Å². The van der Waals surface area contributed by atoms with Crippen molar-refractivity contribution in [1.29, 1.82) is 0 Å². The Labute approximate surface area is 167 Å². The number of ether oxygens (including phenoxy) is 1. The molecule has 146 valence electrons. The number of benzene rings is 2. The summed E-state index contributed by atoms with van der Waals surface area (Å²) in [6.45, 7) is 4.56. The molecule has 0 bridgehead atoms. The number of amides is 1. The quantitative estimate of drug-likeness (QED) is 0.575. The second kappa shape index (κ2) is 7.18. The fourth-order valence-corrected chi connectivity index (χ4v) is 3.58. The van der Waals surface area contributed by atoms with E-state index in [2.05, 4.69) is 20.2 Å². The molecule has 7 nitrogen and oxygen atoms in total. The van der Waals surface area contributed by atoms with Gasteiger partial charge < -0.3 is 19.4 Å². The number of aryl methyl sites for hydroxylation is 1. The molecule has 0 spiro atoms. The largest absolute Gasteiger partial charge is 0.450 e. The molecule has 3 heterocycles. The number of nitrogens with zero attached hydrogens (tertiary/aromatic N) is 3. The molecule has 4 aromatic rings. The molecule has 0 atom stereocenters. The number of hydrogen-bond donors (Lipinski definition) is 1. The third-order valence-corrected chi connectivity index (χ3v) is 4.99. The molecule has 1 amide bonds. The Morgan fingerprint density at radius 2 is 1.90 bits per heavy atom. The molecular weight excluding hydrogens is 368 g/mol. The smallest absolute Gasteiger partial charge is 0.293 e. The molecule has 1 N–H and O–H groups in total. The van der Waals surface area contributed by atoms with Crippen LogP contribution in [0.1, 0.15) is 16.2 Å². The zero-order valence-electron chi connectivity index (χ0n) is 16.0. The van der Waals surface area contributed by atoms with Crippen molar-refractivity contribution in [3.63, 3.8) is 0 Å². The first-order chi connectivity index (χ1) is 14.2. The van der Waals surface area contributed by atoms with Crippen LogP contribution in [0.5, 0.6) is 0 Å². The number of anilines is 2. The van der Waals surface area contributed by atoms with Gasteiger partial charge in [0.25, 0.3) is 5.91 Å². The Kier molecular flexibility index (Phi) is 4.37. The van der Waals surface area contributed by atoms with Gasteiger partial charge in [-0.1, -0.05) is 24.3 Å². The lowest BCUT2D eigenvalue weighted by Crippen LogP contribution is -2.37. The fourth-order valence-electron chi connectivity index (χ4n) is 3.58. The van der Waals surface area contributed by atoms with E-state index in [-0.39, 0.29) is 11.7 Å². The van der Waals surface area contributed by atoms with Crippen molar-refractivity contribution in [1.82, 2.24) is 9.97 Å². The van der Waals surface area contributed by atoms with Crippen LogP contribution in [0.2, 0.25) is 0 Å². The van der Waals surface area contributed by atoms with E-state index in [0.29, 0.717) is 48.9 Å². The summed E-state index contributed by atoms with van der Waals surface area (Å²) in [6.07, 6.45) is 0. The van der Waals surface area contributed by atoms with Crippen molar-refractivity contribution in [3.8, 4) is 0 Å². The molecule has 7 heteroatoms.